The lowest BCUT2D eigenvalue weighted by molar-refractivity contribution is 0.183. The van der Waals surface area contributed by atoms with E-state index in [0.717, 1.165) is 114 Å². The third kappa shape index (κ3) is 12.1. The van der Waals surface area contributed by atoms with Gasteiger partial charge in [0, 0.05) is 22.9 Å². The molecule has 0 radical (unpaired) electrons. The van der Waals surface area contributed by atoms with Crippen LogP contribution in [0, 0.1) is 11.6 Å². The molecule has 0 aromatic heterocycles. The lowest BCUT2D eigenvalue weighted by atomic mass is 9.89. The first-order chi connectivity index (χ1) is 36.0. The number of fused-ring (bicyclic) bond motifs is 10. The predicted molar refractivity (Wildman–Crippen MR) is 303 cm³/mol. The Kier molecular flexibility index (Phi) is 16.3. The molecule has 75 heavy (non-hydrogen) atoms. The molecule has 0 aliphatic carbocycles. The van der Waals surface area contributed by atoms with Gasteiger partial charge in [0.25, 0.3) is 0 Å². The minimum atomic E-state index is -3.63. The fourth-order valence-corrected chi connectivity index (χ4v) is 14.1. The monoisotopic (exact) mass is 1080 g/mol. The van der Waals surface area contributed by atoms with Crippen LogP contribution in [0.2, 0.25) is 0 Å². The Morgan fingerprint density at radius 3 is 1.41 bits per heavy atom. The number of ether oxygens (including phenoxy) is 2. The van der Waals surface area contributed by atoms with Gasteiger partial charge in [-0.1, -0.05) is 85.6 Å². The highest BCUT2D eigenvalue weighted by atomic mass is 35.5. The highest BCUT2D eigenvalue weighted by Crippen LogP contribution is 2.56. The van der Waals surface area contributed by atoms with Gasteiger partial charge in [0.15, 0.2) is 0 Å². The number of hydrogen-bond acceptors (Lipinski definition) is 10. The summed E-state index contributed by atoms with van der Waals surface area (Å²) in [4.78, 5) is 6.78. The molecule has 0 amide bonds. The summed E-state index contributed by atoms with van der Waals surface area (Å²) in [6.07, 6.45) is 8.81. The first-order valence-corrected chi connectivity index (χ1v) is 29.1. The number of piperidine rings is 2. The molecule has 2 unspecified atom stereocenters. The van der Waals surface area contributed by atoms with E-state index in [1.54, 1.807) is 59.9 Å². The maximum Gasteiger partial charge on any atom is 0.306 e. The number of benzene rings is 8. The van der Waals surface area contributed by atoms with Gasteiger partial charge in [0.2, 0.25) is 0 Å². The van der Waals surface area contributed by atoms with Crippen LogP contribution in [0.3, 0.4) is 0 Å². The van der Waals surface area contributed by atoms with E-state index in [1.165, 1.54) is 69.3 Å². The minimum absolute atomic E-state index is 0. The molecule has 8 aromatic rings. The molecule has 1 N–H and O–H groups in total. The Balaban J connectivity index is 0.000000170. The Labute approximate surface area is 452 Å². The molecule has 4 aliphatic rings. The van der Waals surface area contributed by atoms with Crippen LogP contribution in [0.1, 0.15) is 71.3 Å². The average molecular weight is 1090 g/mol. The van der Waals surface area contributed by atoms with E-state index in [4.69, 9.17) is 13.7 Å². The van der Waals surface area contributed by atoms with Crippen LogP contribution in [0.4, 0.5) is 8.78 Å². The van der Waals surface area contributed by atoms with Crippen LogP contribution in [0.25, 0.3) is 43.8 Å². The van der Waals surface area contributed by atoms with Crippen LogP contribution in [-0.4, -0.2) is 82.1 Å². The Morgan fingerprint density at radius 1 is 0.520 bits per heavy atom. The summed E-state index contributed by atoms with van der Waals surface area (Å²) in [7, 11) is -3.63. The van der Waals surface area contributed by atoms with E-state index >= 15 is 0 Å². The minimum Gasteiger partial charge on any atom is -0.508 e. The third-order valence-electron chi connectivity index (χ3n) is 14.4. The molecular weight excluding hydrogens is 1030 g/mol. The average Bonchev–Trinajstić information content (AvgIpc) is 3.42. The molecule has 2 saturated heterocycles. The summed E-state index contributed by atoms with van der Waals surface area (Å²) < 4.78 is 69.0. The number of halogens is 3. The number of phenols is 1. The van der Waals surface area contributed by atoms with E-state index in [-0.39, 0.29) is 46.0 Å². The fourth-order valence-electron chi connectivity index (χ4n) is 10.8. The molecular formula is C61H59ClF2N2O6S3. The Hall–Kier alpha value is -5.80. The molecule has 8 nitrogen and oxygen atoms in total. The second kappa shape index (κ2) is 23.2. The zero-order valence-corrected chi connectivity index (χ0v) is 44.9. The third-order valence-corrected chi connectivity index (χ3v) is 17.6. The number of rotatable bonds is 12. The Morgan fingerprint density at radius 2 is 0.947 bits per heavy atom. The van der Waals surface area contributed by atoms with E-state index in [2.05, 4.69) is 40.1 Å². The highest BCUT2D eigenvalue weighted by Gasteiger charge is 2.31. The molecule has 0 saturated carbocycles. The molecule has 0 spiro atoms. The Bertz CT molecular complexity index is 3440. The maximum atomic E-state index is 14.2. The summed E-state index contributed by atoms with van der Waals surface area (Å²) in [6, 6.07) is 45.5. The van der Waals surface area contributed by atoms with Crippen molar-refractivity contribution in [3.05, 3.63) is 179 Å². The van der Waals surface area contributed by atoms with Gasteiger partial charge in [0.1, 0.15) is 47.8 Å². The van der Waals surface area contributed by atoms with E-state index in [1.807, 2.05) is 66.7 Å². The zero-order valence-electron chi connectivity index (χ0n) is 41.7. The molecule has 8 aromatic carbocycles. The van der Waals surface area contributed by atoms with Crippen LogP contribution in [0.5, 0.6) is 23.0 Å². The molecule has 0 bridgehead atoms. The standard InChI is InChI=1S/C31H30FNO4S2.C30H28FNO2S.ClH/c1-39(34,35)37-25-11-14-26-22(19-25)7-12-28-27-13-8-23(32)20-29(27)38-31(30(26)28)21-5-9-24(10-6-21)36-18-17-33-15-3-2-4-16-33;31-22-7-12-26-27-11-6-21-18-23(33)8-13-25(21)29(27)30(35-28(26)19-22)20-4-9-24(10-5-20)34-17-16-32-14-2-1-3-15-32;/h5-14,19-20,31H,2-4,15-18H2,1H3;4-13,18-19,30,33H,1-3,14-17H2;1H. The van der Waals surface area contributed by atoms with Crippen molar-refractivity contribution in [1.29, 1.82) is 0 Å². The van der Waals surface area contributed by atoms with Crippen molar-refractivity contribution in [2.75, 3.05) is 58.7 Å². The van der Waals surface area contributed by atoms with Crippen molar-refractivity contribution in [3.63, 3.8) is 0 Å². The van der Waals surface area contributed by atoms with Crippen molar-refractivity contribution in [2.45, 2.75) is 58.8 Å². The summed E-state index contributed by atoms with van der Waals surface area (Å²) in [5.41, 5.74) is 8.74. The van der Waals surface area contributed by atoms with Gasteiger partial charge >= 0.3 is 10.1 Å². The van der Waals surface area contributed by atoms with Crippen molar-refractivity contribution >= 4 is 67.6 Å². The van der Waals surface area contributed by atoms with Gasteiger partial charge < -0.3 is 18.8 Å². The number of aromatic hydroxyl groups is 1. The maximum absolute atomic E-state index is 14.2. The quantitative estimate of drug-likeness (QED) is 0.119. The number of thioether (sulfide) groups is 2. The summed E-state index contributed by atoms with van der Waals surface area (Å²) in [5.74, 6) is 1.76. The SMILES string of the molecule is CS(=O)(=O)Oc1ccc2c3c(ccc2c1)-c1ccc(F)cc1SC3c1ccc(OCCN2CCCCC2)cc1.Cl.Oc1ccc2c3c(ccc2c1)-c1ccc(F)cc1SC3c1ccc(OCCN2CCCCC2)cc1. The topological polar surface area (TPSA) is 88.5 Å². The molecule has 388 valence electrons. The van der Waals surface area contributed by atoms with Crippen LogP contribution in [-0.2, 0) is 10.1 Å². The van der Waals surface area contributed by atoms with Crippen LogP contribution < -0.4 is 13.7 Å². The largest absolute Gasteiger partial charge is 0.508 e. The summed E-state index contributed by atoms with van der Waals surface area (Å²) >= 11 is 3.30. The molecule has 4 aliphatic heterocycles. The summed E-state index contributed by atoms with van der Waals surface area (Å²) in [6.45, 7) is 7.91. The van der Waals surface area contributed by atoms with E-state index in [9.17, 15) is 22.3 Å². The number of nitrogens with zero attached hydrogens (tertiary/aromatic N) is 2. The predicted octanol–water partition coefficient (Wildman–Crippen LogP) is 14.9. The molecule has 12 rings (SSSR count). The van der Waals surface area contributed by atoms with Crippen molar-refractivity contribution < 1.29 is 36.0 Å². The first-order valence-electron chi connectivity index (χ1n) is 25.5. The van der Waals surface area contributed by atoms with Crippen molar-refractivity contribution in [3.8, 4) is 45.3 Å². The van der Waals surface area contributed by atoms with Gasteiger partial charge in [-0.3, -0.25) is 9.80 Å². The van der Waals surface area contributed by atoms with Crippen LogP contribution in [0.15, 0.2) is 155 Å². The second-order valence-electron chi connectivity index (χ2n) is 19.5. The summed E-state index contributed by atoms with van der Waals surface area (Å²) in [5, 5.41) is 13.9. The normalized spacial score (nSPS) is 17.3. The molecule has 2 fully saturated rings. The smallest absolute Gasteiger partial charge is 0.306 e. The van der Waals surface area contributed by atoms with E-state index < -0.39 is 10.1 Å². The first kappa shape index (κ1) is 52.6. The zero-order chi connectivity index (χ0) is 50.8. The van der Waals surface area contributed by atoms with Gasteiger partial charge in [-0.15, -0.1) is 35.9 Å². The highest BCUT2D eigenvalue weighted by molar-refractivity contribution is 8.00. The number of phenolic OH excluding ortho intramolecular Hbond substituents is 1. The van der Waals surface area contributed by atoms with Crippen molar-refractivity contribution in [1.82, 2.24) is 9.80 Å². The van der Waals surface area contributed by atoms with Gasteiger partial charge in [-0.25, -0.2) is 8.78 Å². The number of hydrogen-bond donors (Lipinski definition) is 1. The fraction of sp³-hybridized carbons (Fsp3) is 0.279. The lowest BCUT2D eigenvalue weighted by Crippen LogP contribution is -2.33. The number of likely N-dealkylation sites (tertiary alicyclic amines) is 2. The van der Waals surface area contributed by atoms with Crippen LogP contribution >= 0.6 is 35.9 Å². The van der Waals surface area contributed by atoms with E-state index in [0.29, 0.717) is 13.2 Å². The lowest BCUT2D eigenvalue weighted by Gasteiger charge is -2.29. The molecule has 14 heteroatoms. The van der Waals surface area contributed by atoms with Gasteiger partial charge in [-0.05, 0) is 191 Å². The second-order valence-corrected chi connectivity index (χ2v) is 23.4. The van der Waals surface area contributed by atoms with Gasteiger partial charge in [0.05, 0.1) is 16.8 Å². The molecule has 4 heterocycles. The molecule has 2 atom stereocenters. The van der Waals surface area contributed by atoms with Crippen molar-refractivity contribution in [2.24, 2.45) is 0 Å². The van der Waals surface area contributed by atoms with Gasteiger partial charge in [-0.2, -0.15) is 8.42 Å².